The van der Waals surface area contributed by atoms with E-state index < -0.39 is 18.3 Å². The lowest BCUT2D eigenvalue weighted by atomic mass is 9.81. The van der Waals surface area contributed by atoms with Crippen molar-refractivity contribution in [2.75, 3.05) is 0 Å². The first-order valence-corrected chi connectivity index (χ1v) is 6.24. The number of nitrogens with zero attached hydrogens (tertiary/aromatic N) is 2. The van der Waals surface area contributed by atoms with Gasteiger partial charge in [0, 0.05) is 6.04 Å². The monoisotopic (exact) mass is 254 g/mol. The van der Waals surface area contributed by atoms with Crippen LogP contribution in [0.5, 0.6) is 0 Å². The lowest BCUT2D eigenvalue weighted by molar-refractivity contribution is 0.00578. The summed E-state index contributed by atoms with van der Waals surface area (Å²) in [6.45, 7) is 11.5. The molecule has 0 bridgehead atoms. The number of hydrogen-bond acceptors (Lipinski definition) is 3. The summed E-state index contributed by atoms with van der Waals surface area (Å²) in [6, 6.07) is -0.0267. The van der Waals surface area contributed by atoms with Crippen LogP contribution in [-0.4, -0.2) is 28.1 Å². The highest BCUT2D eigenvalue weighted by atomic mass is 19.1. The van der Waals surface area contributed by atoms with Gasteiger partial charge in [-0.25, -0.2) is 4.68 Å². The van der Waals surface area contributed by atoms with Crippen LogP contribution in [0.2, 0.25) is 0 Å². The molecule has 0 unspecified atom stereocenters. The Balaban J connectivity index is 2.30. The van der Waals surface area contributed by atoms with Crippen LogP contribution in [0.25, 0.3) is 0 Å². The van der Waals surface area contributed by atoms with Crippen molar-refractivity contribution in [2.45, 2.75) is 58.8 Å². The van der Waals surface area contributed by atoms with Crippen LogP contribution < -0.4 is 5.46 Å². The Hall–Kier alpha value is -0.875. The molecule has 0 N–H and O–H groups in total. The summed E-state index contributed by atoms with van der Waals surface area (Å²) < 4.78 is 27.1. The number of hydrogen-bond donors (Lipinski definition) is 0. The molecule has 2 heterocycles. The topological polar surface area (TPSA) is 36.3 Å². The third-order valence-electron chi connectivity index (χ3n) is 3.76. The van der Waals surface area contributed by atoms with Crippen molar-refractivity contribution in [1.82, 2.24) is 9.78 Å². The van der Waals surface area contributed by atoms with Gasteiger partial charge in [-0.05, 0) is 41.5 Å². The smallest absolute Gasteiger partial charge is 0.399 e. The van der Waals surface area contributed by atoms with Gasteiger partial charge in [-0.15, -0.1) is 0 Å². The molecule has 2 rings (SSSR count). The molecule has 0 amide bonds. The maximum absolute atomic E-state index is 14.2. The largest absolute Gasteiger partial charge is 0.501 e. The van der Waals surface area contributed by atoms with Crippen LogP contribution >= 0.6 is 0 Å². The minimum atomic E-state index is -0.692. The highest BCUT2D eigenvalue weighted by Gasteiger charge is 2.53. The van der Waals surface area contributed by atoms with Gasteiger partial charge in [-0.2, -0.15) is 9.49 Å². The van der Waals surface area contributed by atoms with E-state index in [1.165, 1.54) is 10.9 Å². The van der Waals surface area contributed by atoms with Crippen molar-refractivity contribution in [3.63, 3.8) is 0 Å². The summed E-state index contributed by atoms with van der Waals surface area (Å²) in [5, 5.41) is 4.04. The van der Waals surface area contributed by atoms with E-state index in [1.54, 1.807) is 0 Å². The second kappa shape index (κ2) is 4.06. The third-order valence-corrected chi connectivity index (χ3v) is 3.76. The predicted molar refractivity (Wildman–Crippen MR) is 68.3 cm³/mol. The lowest BCUT2D eigenvalue weighted by Crippen LogP contribution is -2.41. The minimum absolute atomic E-state index is 0.0267. The van der Waals surface area contributed by atoms with Crippen molar-refractivity contribution < 1.29 is 13.7 Å². The van der Waals surface area contributed by atoms with Crippen LogP contribution in [-0.2, 0) is 9.31 Å². The minimum Gasteiger partial charge on any atom is -0.399 e. The van der Waals surface area contributed by atoms with Gasteiger partial charge in [0.25, 0.3) is 0 Å². The Labute approximate surface area is 108 Å². The summed E-state index contributed by atoms with van der Waals surface area (Å²) in [6.07, 6.45) is 1.48. The molecule has 1 aromatic heterocycles. The lowest BCUT2D eigenvalue weighted by Gasteiger charge is -2.32. The van der Waals surface area contributed by atoms with Crippen LogP contribution in [0.4, 0.5) is 4.39 Å². The normalized spacial score (nSPS) is 21.9. The van der Waals surface area contributed by atoms with Crippen LogP contribution in [0.15, 0.2) is 6.20 Å². The van der Waals surface area contributed by atoms with E-state index in [2.05, 4.69) is 5.10 Å². The average Bonchev–Trinajstić information content (AvgIpc) is 2.66. The Morgan fingerprint density at radius 3 is 2.11 bits per heavy atom. The van der Waals surface area contributed by atoms with Gasteiger partial charge in [0.2, 0.25) is 5.95 Å². The molecule has 0 atom stereocenters. The van der Waals surface area contributed by atoms with Crippen molar-refractivity contribution in [2.24, 2.45) is 0 Å². The van der Waals surface area contributed by atoms with Gasteiger partial charge in [-0.1, -0.05) is 0 Å². The van der Waals surface area contributed by atoms with E-state index in [0.717, 1.165) is 0 Å². The van der Waals surface area contributed by atoms with E-state index in [-0.39, 0.29) is 12.0 Å². The van der Waals surface area contributed by atoms with E-state index in [9.17, 15) is 4.39 Å². The first-order chi connectivity index (χ1) is 8.16. The summed E-state index contributed by atoms with van der Waals surface area (Å²) in [5.41, 5.74) is -0.573. The van der Waals surface area contributed by atoms with E-state index in [0.29, 0.717) is 5.46 Å². The molecule has 1 aliphatic heterocycles. The molecule has 4 nitrogen and oxygen atoms in total. The Kier molecular flexibility index (Phi) is 3.06. The van der Waals surface area contributed by atoms with Crippen molar-refractivity contribution >= 4 is 12.6 Å². The van der Waals surface area contributed by atoms with Crippen molar-refractivity contribution in [3.8, 4) is 0 Å². The Bertz CT molecular complexity index is 441. The molecule has 1 saturated heterocycles. The predicted octanol–water partition coefficient (Wildman–Crippen LogP) is 1.90. The van der Waals surface area contributed by atoms with Crippen LogP contribution in [0.1, 0.15) is 47.6 Å². The molecule has 0 spiro atoms. The molecule has 0 saturated carbocycles. The quantitative estimate of drug-likeness (QED) is 0.756. The highest BCUT2D eigenvalue weighted by molar-refractivity contribution is 6.62. The molecule has 0 aliphatic carbocycles. The van der Waals surface area contributed by atoms with E-state index in [4.69, 9.17) is 9.31 Å². The summed E-state index contributed by atoms with van der Waals surface area (Å²) in [5.74, 6) is -0.386. The summed E-state index contributed by atoms with van der Waals surface area (Å²) >= 11 is 0. The van der Waals surface area contributed by atoms with Gasteiger partial charge in [-0.3, -0.25) is 0 Å². The van der Waals surface area contributed by atoms with Crippen LogP contribution in [0, 0.1) is 5.95 Å². The first kappa shape index (κ1) is 13.6. The molecular formula is C12H20BFN2O2. The molecule has 6 heteroatoms. The first-order valence-electron chi connectivity index (χ1n) is 6.24. The van der Waals surface area contributed by atoms with Crippen molar-refractivity contribution in [3.05, 3.63) is 12.1 Å². The third kappa shape index (κ3) is 1.97. The van der Waals surface area contributed by atoms with E-state index in [1.807, 2.05) is 41.5 Å². The number of halogens is 1. The van der Waals surface area contributed by atoms with Crippen molar-refractivity contribution in [1.29, 1.82) is 0 Å². The molecular weight excluding hydrogens is 234 g/mol. The fraction of sp³-hybridized carbons (Fsp3) is 0.750. The fourth-order valence-corrected chi connectivity index (χ4v) is 1.85. The standard InChI is InChI=1S/C12H20BFN2O2/c1-8(2)16-10(14)9(7-15-16)13-17-11(3,4)12(5,6)18-13/h7-8H,1-6H3. The molecule has 1 aliphatic rings. The molecule has 0 radical (unpaired) electrons. The number of rotatable bonds is 2. The number of aromatic nitrogens is 2. The zero-order valence-corrected chi connectivity index (χ0v) is 11.8. The van der Waals surface area contributed by atoms with Gasteiger partial charge in [0.15, 0.2) is 0 Å². The molecule has 1 fully saturated rings. The maximum atomic E-state index is 14.2. The Morgan fingerprint density at radius 1 is 1.22 bits per heavy atom. The van der Waals surface area contributed by atoms with Gasteiger partial charge >= 0.3 is 7.12 Å². The van der Waals surface area contributed by atoms with Crippen LogP contribution in [0.3, 0.4) is 0 Å². The fourth-order valence-electron chi connectivity index (χ4n) is 1.85. The molecule has 100 valence electrons. The second-order valence-electron chi connectivity index (χ2n) is 6.02. The molecule has 1 aromatic rings. The summed E-state index contributed by atoms with van der Waals surface area (Å²) in [4.78, 5) is 0. The zero-order valence-electron chi connectivity index (χ0n) is 11.8. The summed E-state index contributed by atoms with van der Waals surface area (Å²) in [7, 11) is -0.692. The average molecular weight is 254 g/mol. The van der Waals surface area contributed by atoms with Gasteiger partial charge in [0.05, 0.1) is 22.9 Å². The maximum Gasteiger partial charge on any atom is 0.501 e. The Morgan fingerprint density at radius 2 is 1.72 bits per heavy atom. The van der Waals surface area contributed by atoms with Gasteiger partial charge < -0.3 is 9.31 Å². The second-order valence-corrected chi connectivity index (χ2v) is 6.02. The molecule has 0 aromatic carbocycles. The SMILES string of the molecule is CC(C)n1ncc(B2OC(C)(C)C(C)(C)O2)c1F. The van der Waals surface area contributed by atoms with E-state index >= 15 is 0 Å². The zero-order chi connectivity index (χ0) is 13.7. The molecule has 18 heavy (non-hydrogen) atoms. The van der Waals surface area contributed by atoms with Gasteiger partial charge in [0.1, 0.15) is 0 Å². The highest BCUT2D eigenvalue weighted by Crippen LogP contribution is 2.36.